The smallest absolute Gasteiger partial charge is 0.244 e. The van der Waals surface area contributed by atoms with Crippen molar-refractivity contribution in [3.05, 3.63) is 70.3 Å². The van der Waals surface area contributed by atoms with Crippen LogP contribution in [-0.2, 0) is 11.3 Å². The van der Waals surface area contributed by atoms with Gasteiger partial charge in [-0.05, 0) is 31.2 Å². The quantitative estimate of drug-likeness (QED) is 0.777. The van der Waals surface area contributed by atoms with Crippen molar-refractivity contribution in [2.75, 3.05) is 5.32 Å². The van der Waals surface area contributed by atoms with Gasteiger partial charge in [-0.1, -0.05) is 12.1 Å². The van der Waals surface area contributed by atoms with E-state index in [0.717, 1.165) is 0 Å². The number of halogens is 1. The first kappa shape index (κ1) is 15.7. The topological polar surface area (TPSA) is 71.3 Å². The van der Waals surface area contributed by atoms with Crippen molar-refractivity contribution in [1.29, 1.82) is 0 Å². The van der Waals surface area contributed by atoms with Gasteiger partial charge in [0.15, 0.2) is 5.43 Å². The molecular formula is C18H15FN2O3. The number of carbonyl (C=O) groups excluding carboxylic acids is 1. The van der Waals surface area contributed by atoms with Crippen molar-refractivity contribution in [2.45, 2.75) is 13.5 Å². The average molecular weight is 326 g/mol. The maximum absolute atomic E-state index is 14.2. The molecule has 0 aliphatic rings. The Kier molecular flexibility index (Phi) is 4.04. The number of aromatic hydroxyl groups is 1. The molecule has 0 unspecified atom stereocenters. The van der Waals surface area contributed by atoms with Gasteiger partial charge in [-0.3, -0.25) is 9.59 Å². The number of hydrogen-bond acceptors (Lipinski definition) is 3. The molecule has 1 amide bonds. The second-order valence-electron chi connectivity index (χ2n) is 5.47. The van der Waals surface area contributed by atoms with Gasteiger partial charge in [0, 0.05) is 28.9 Å². The van der Waals surface area contributed by atoms with Crippen LogP contribution in [0.15, 0.2) is 53.3 Å². The number of anilines is 1. The molecule has 2 aromatic carbocycles. The van der Waals surface area contributed by atoms with E-state index >= 15 is 0 Å². The third kappa shape index (κ3) is 2.99. The summed E-state index contributed by atoms with van der Waals surface area (Å²) in [5, 5.41) is 12.3. The van der Waals surface area contributed by atoms with Crippen LogP contribution in [0.25, 0.3) is 10.9 Å². The normalized spacial score (nSPS) is 10.8. The number of nitrogens with zero attached hydrogens (tertiary/aromatic N) is 1. The Labute approximate surface area is 137 Å². The van der Waals surface area contributed by atoms with Crippen LogP contribution in [0.2, 0.25) is 0 Å². The summed E-state index contributed by atoms with van der Waals surface area (Å²) in [5.41, 5.74) is 0.743. The number of phenolic OH excluding ortho intramolecular Hbond substituents is 1. The van der Waals surface area contributed by atoms with Crippen LogP contribution in [0.4, 0.5) is 10.1 Å². The van der Waals surface area contributed by atoms with Crippen LogP contribution in [0.1, 0.15) is 5.69 Å². The van der Waals surface area contributed by atoms with E-state index in [1.165, 1.54) is 41.0 Å². The van der Waals surface area contributed by atoms with E-state index in [4.69, 9.17) is 0 Å². The molecule has 2 N–H and O–H groups in total. The summed E-state index contributed by atoms with van der Waals surface area (Å²) in [6.07, 6.45) is 0. The van der Waals surface area contributed by atoms with Crippen LogP contribution >= 0.6 is 0 Å². The number of para-hydroxylation sites is 1. The van der Waals surface area contributed by atoms with Gasteiger partial charge in [-0.2, -0.15) is 0 Å². The minimum atomic E-state index is -0.557. The van der Waals surface area contributed by atoms with Crippen molar-refractivity contribution in [2.24, 2.45) is 0 Å². The molecule has 0 aliphatic heterocycles. The molecule has 5 nitrogen and oxygen atoms in total. The molecule has 3 rings (SSSR count). The van der Waals surface area contributed by atoms with Crippen LogP contribution < -0.4 is 10.7 Å². The fraction of sp³-hybridized carbons (Fsp3) is 0.111. The van der Waals surface area contributed by atoms with Gasteiger partial charge in [-0.25, -0.2) is 4.39 Å². The van der Waals surface area contributed by atoms with Gasteiger partial charge < -0.3 is 15.0 Å². The van der Waals surface area contributed by atoms with Gasteiger partial charge >= 0.3 is 0 Å². The van der Waals surface area contributed by atoms with Gasteiger partial charge in [0.05, 0.1) is 5.52 Å². The summed E-state index contributed by atoms with van der Waals surface area (Å²) >= 11 is 0. The van der Waals surface area contributed by atoms with E-state index < -0.39 is 11.7 Å². The minimum Gasteiger partial charge on any atom is -0.508 e. The van der Waals surface area contributed by atoms with Gasteiger partial charge in [-0.15, -0.1) is 0 Å². The lowest BCUT2D eigenvalue weighted by Crippen LogP contribution is -2.22. The predicted octanol–water partition coefficient (Wildman–Crippen LogP) is 2.79. The Bertz CT molecular complexity index is 995. The molecule has 6 heteroatoms. The number of amides is 1. The molecule has 0 atom stereocenters. The molecule has 0 saturated heterocycles. The van der Waals surface area contributed by atoms with E-state index in [2.05, 4.69) is 5.32 Å². The number of hydrogen-bond donors (Lipinski definition) is 2. The first-order valence-electron chi connectivity index (χ1n) is 7.33. The average Bonchev–Trinajstić information content (AvgIpc) is 2.51. The highest BCUT2D eigenvalue weighted by Crippen LogP contribution is 2.18. The Hall–Kier alpha value is -3.15. The van der Waals surface area contributed by atoms with E-state index in [1.54, 1.807) is 19.1 Å². The summed E-state index contributed by atoms with van der Waals surface area (Å²) in [7, 11) is 0. The van der Waals surface area contributed by atoms with Crippen LogP contribution in [-0.4, -0.2) is 15.6 Å². The zero-order chi connectivity index (χ0) is 17.3. The van der Waals surface area contributed by atoms with Crippen molar-refractivity contribution < 1.29 is 14.3 Å². The molecular weight excluding hydrogens is 311 g/mol. The van der Waals surface area contributed by atoms with E-state index in [-0.39, 0.29) is 28.6 Å². The van der Waals surface area contributed by atoms with Crippen molar-refractivity contribution >= 4 is 22.5 Å². The zero-order valence-electron chi connectivity index (χ0n) is 12.9. The molecule has 0 spiro atoms. The zero-order valence-corrected chi connectivity index (χ0v) is 12.9. The summed E-state index contributed by atoms with van der Waals surface area (Å²) in [6.45, 7) is 1.49. The number of pyridine rings is 1. The minimum absolute atomic E-state index is 0.0313. The van der Waals surface area contributed by atoms with E-state index in [1.807, 2.05) is 0 Å². The standard InChI is InChI=1S/C18H15FN2O3/c1-11-8-16(23)14-6-3-7-15(19)18(14)21(11)10-17(24)20-12-4-2-5-13(22)9-12/h2-9,22H,10H2,1H3,(H,20,24). The summed E-state index contributed by atoms with van der Waals surface area (Å²) in [5.74, 6) is -0.917. The van der Waals surface area contributed by atoms with Gasteiger partial charge in [0.1, 0.15) is 18.1 Å². The molecule has 0 fully saturated rings. The molecule has 0 bridgehead atoms. The third-order valence-corrected chi connectivity index (χ3v) is 3.72. The number of carbonyl (C=O) groups is 1. The largest absolute Gasteiger partial charge is 0.508 e. The van der Waals surface area contributed by atoms with Gasteiger partial charge in [0.2, 0.25) is 5.91 Å². The lowest BCUT2D eigenvalue weighted by Gasteiger charge is -2.15. The monoisotopic (exact) mass is 326 g/mol. The molecule has 1 heterocycles. The number of nitrogens with one attached hydrogen (secondary N) is 1. The highest BCUT2D eigenvalue weighted by molar-refractivity contribution is 5.92. The summed E-state index contributed by atoms with van der Waals surface area (Å²) in [6, 6.07) is 11.8. The number of rotatable bonds is 3. The fourth-order valence-electron chi connectivity index (χ4n) is 2.64. The number of phenols is 1. The Morgan fingerprint density at radius 1 is 1.21 bits per heavy atom. The molecule has 0 radical (unpaired) electrons. The Balaban J connectivity index is 1.98. The molecule has 0 aliphatic carbocycles. The van der Waals surface area contributed by atoms with Crippen LogP contribution in [0, 0.1) is 12.7 Å². The number of aryl methyl sites for hydroxylation is 1. The van der Waals surface area contributed by atoms with Crippen molar-refractivity contribution in [1.82, 2.24) is 4.57 Å². The highest BCUT2D eigenvalue weighted by Gasteiger charge is 2.13. The Morgan fingerprint density at radius 2 is 1.96 bits per heavy atom. The van der Waals surface area contributed by atoms with Crippen LogP contribution in [0.5, 0.6) is 5.75 Å². The number of benzene rings is 2. The van der Waals surface area contributed by atoms with Gasteiger partial charge in [0.25, 0.3) is 0 Å². The van der Waals surface area contributed by atoms with Crippen molar-refractivity contribution in [3.63, 3.8) is 0 Å². The molecule has 3 aromatic rings. The Morgan fingerprint density at radius 3 is 2.71 bits per heavy atom. The lowest BCUT2D eigenvalue weighted by atomic mass is 10.1. The van der Waals surface area contributed by atoms with Crippen molar-refractivity contribution in [3.8, 4) is 5.75 Å². The molecule has 1 aromatic heterocycles. The summed E-state index contributed by atoms with van der Waals surface area (Å²) < 4.78 is 15.7. The molecule has 122 valence electrons. The molecule has 0 saturated carbocycles. The third-order valence-electron chi connectivity index (χ3n) is 3.72. The van der Waals surface area contributed by atoms with E-state index in [0.29, 0.717) is 11.4 Å². The molecule has 24 heavy (non-hydrogen) atoms. The maximum atomic E-state index is 14.2. The number of aromatic nitrogens is 1. The second-order valence-corrected chi connectivity index (χ2v) is 5.47. The first-order valence-corrected chi connectivity index (χ1v) is 7.33. The first-order chi connectivity index (χ1) is 11.5. The van der Waals surface area contributed by atoms with E-state index in [9.17, 15) is 19.1 Å². The number of fused-ring (bicyclic) bond motifs is 1. The SMILES string of the molecule is Cc1cc(=O)c2cccc(F)c2n1CC(=O)Nc1cccc(O)c1. The summed E-state index contributed by atoms with van der Waals surface area (Å²) in [4.78, 5) is 24.3. The predicted molar refractivity (Wildman–Crippen MR) is 89.6 cm³/mol. The maximum Gasteiger partial charge on any atom is 0.244 e. The fourth-order valence-corrected chi connectivity index (χ4v) is 2.64. The lowest BCUT2D eigenvalue weighted by molar-refractivity contribution is -0.116. The van der Waals surface area contributed by atoms with Crippen LogP contribution in [0.3, 0.4) is 0 Å². The second kappa shape index (κ2) is 6.16. The highest BCUT2D eigenvalue weighted by atomic mass is 19.1.